The molecule has 4 rings (SSSR count). The lowest BCUT2D eigenvalue weighted by Gasteiger charge is -2.23. The average Bonchev–Trinajstić information content (AvgIpc) is 3.23. The fourth-order valence-corrected chi connectivity index (χ4v) is 3.41. The van der Waals surface area contributed by atoms with E-state index in [1.54, 1.807) is 10.9 Å². The molecule has 1 atom stereocenters. The minimum absolute atomic E-state index is 0.162. The zero-order valence-corrected chi connectivity index (χ0v) is 15.5. The standard InChI is InChI=1S/C19H22N6O3/c1-13(14-4-2-5-16(12-14)24-9-3-8-20-24)21-17-22-18(26)25(19(27)23-17)15-6-10-28-11-7-15/h2-5,8-9,12-13,15H,6-7,10-11H2,1H3,(H2,21,22,23,26,27). The van der Waals surface area contributed by atoms with Crippen LogP contribution in [0.3, 0.4) is 0 Å². The van der Waals surface area contributed by atoms with E-state index in [0.717, 1.165) is 11.3 Å². The highest BCUT2D eigenvalue weighted by Crippen LogP contribution is 2.20. The number of nitrogens with one attached hydrogen (secondary N) is 2. The Morgan fingerprint density at radius 1 is 1.25 bits per heavy atom. The van der Waals surface area contributed by atoms with Gasteiger partial charge in [0.2, 0.25) is 5.95 Å². The Bertz CT molecular complexity index is 1020. The van der Waals surface area contributed by atoms with Crippen LogP contribution in [0.2, 0.25) is 0 Å². The first-order valence-corrected chi connectivity index (χ1v) is 9.29. The van der Waals surface area contributed by atoms with Crippen LogP contribution in [0, 0.1) is 0 Å². The smallest absolute Gasteiger partial charge is 0.355 e. The number of H-pyrrole nitrogens is 1. The van der Waals surface area contributed by atoms with Crippen molar-refractivity contribution in [3.8, 4) is 5.69 Å². The van der Waals surface area contributed by atoms with Gasteiger partial charge in [0.15, 0.2) is 0 Å². The molecule has 1 saturated heterocycles. The Morgan fingerprint density at radius 2 is 2.07 bits per heavy atom. The van der Waals surface area contributed by atoms with Gasteiger partial charge in [0, 0.05) is 31.6 Å². The molecule has 2 aromatic heterocycles. The molecule has 1 unspecified atom stereocenters. The van der Waals surface area contributed by atoms with Crippen molar-refractivity contribution in [1.29, 1.82) is 0 Å². The molecular weight excluding hydrogens is 360 g/mol. The highest BCUT2D eigenvalue weighted by atomic mass is 16.5. The third-order valence-corrected chi connectivity index (χ3v) is 4.91. The maximum absolute atomic E-state index is 12.5. The van der Waals surface area contributed by atoms with E-state index < -0.39 is 11.4 Å². The molecular formula is C19H22N6O3. The molecule has 1 aromatic carbocycles. The van der Waals surface area contributed by atoms with Crippen LogP contribution in [0.15, 0.2) is 52.3 Å². The molecule has 3 heterocycles. The van der Waals surface area contributed by atoms with Gasteiger partial charge < -0.3 is 10.1 Å². The Balaban J connectivity index is 1.55. The van der Waals surface area contributed by atoms with E-state index in [0.29, 0.717) is 26.1 Å². The van der Waals surface area contributed by atoms with Gasteiger partial charge in [-0.25, -0.2) is 18.8 Å². The van der Waals surface area contributed by atoms with Crippen LogP contribution in [-0.2, 0) is 4.74 Å². The lowest BCUT2D eigenvalue weighted by atomic mass is 10.1. The van der Waals surface area contributed by atoms with Crippen LogP contribution >= 0.6 is 0 Å². The molecule has 2 N–H and O–H groups in total. The maximum Gasteiger partial charge on any atom is 0.355 e. The summed E-state index contributed by atoms with van der Waals surface area (Å²) in [5.41, 5.74) is 0.902. The molecule has 1 aliphatic heterocycles. The molecule has 146 valence electrons. The van der Waals surface area contributed by atoms with Gasteiger partial charge in [-0.3, -0.25) is 4.98 Å². The zero-order valence-electron chi connectivity index (χ0n) is 15.5. The van der Waals surface area contributed by atoms with Crippen molar-refractivity contribution in [3.05, 3.63) is 69.3 Å². The number of hydrogen-bond acceptors (Lipinski definition) is 6. The quantitative estimate of drug-likeness (QED) is 0.695. The van der Waals surface area contributed by atoms with Gasteiger partial charge in [0.05, 0.1) is 11.7 Å². The van der Waals surface area contributed by atoms with Crippen LogP contribution in [0.25, 0.3) is 5.69 Å². The fraction of sp³-hybridized carbons (Fsp3) is 0.368. The summed E-state index contributed by atoms with van der Waals surface area (Å²) in [6.07, 6.45) is 4.85. The molecule has 0 saturated carbocycles. The molecule has 0 bridgehead atoms. The van der Waals surface area contributed by atoms with Crippen molar-refractivity contribution < 1.29 is 4.74 Å². The second kappa shape index (κ2) is 7.81. The summed E-state index contributed by atoms with van der Waals surface area (Å²) in [4.78, 5) is 31.6. The highest BCUT2D eigenvalue weighted by molar-refractivity contribution is 5.39. The number of rotatable bonds is 5. The fourth-order valence-electron chi connectivity index (χ4n) is 3.41. The highest BCUT2D eigenvalue weighted by Gasteiger charge is 2.20. The lowest BCUT2D eigenvalue weighted by Crippen LogP contribution is -2.42. The van der Waals surface area contributed by atoms with E-state index in [-0.39, 0.29) is 18.0 Å². The van der Waals surface area contributed by atoms with E-state index >= 15 is 0 Å². The second-order valence-electron chi connectivity index (χ2n) is 6.80. The predicted octanol–water partition coefficient (Wildman–Crippen LogP) is 1.64. The first kappa shape index (κ1) is 18.2. The van der Waals surface area contributed by atoms with Crippen molar-refractivity contribution >= 4 is 5.95 Å². The molecule has 9 heteroatoms. The summed E-state index contributed by atoms with van der Waals surface area (Å²) in [6, 6.07) is 9.36. The van der Waals surface area contributed by atoms with Crippen LogP contribution in [0.4, 0.5) is 5.95 Å². The van der Waals surface area contributed by atoms with Crippen LogP contribution in [0.5, 0.6) is 0 Å². The van der Waals surface area contributed by atoms with E-state index in [2.05, 4.69) is 20.4 Å². The lowest BCUT2D eigenvalue weighted by molar-refractivity contribution is 0.0670. The zero-order chi connectivity index (χ0) is 19.5. The summed E-state index contributed by atoms with van der Waals surface area (Å²) in [5.74, 6) is 0.162. The minimum atomic E-state index is -0.546. The summed E-state index contributed by atoms with van der Waals surface area (Å²) >= 11 is 0. The minimum Gasteiger partial charge on any atom is -0.381 e. The number of benzene rings is 1. The monoisotopic (exact) mass is 382 g/mol. The van der Waals surface area contributed by atoms with Crippen molar-refractivity contribution in [2.75, 3.05) is 18.5 Å². The number of aromatic amines is 1. The Morgan fingerprint density at radius 3 is 2.79 bits per heavy atom. The van der Waals surface area contributed by atoms with Gasteiger partial charge in [-0.05, 0) is 43.5 Å². The number of hydrogen-bond donors (Lipinski definition) is 2. The molecule has 28 heavy (non-hydrogen) atoms. The van der Waals surface area contributed by atoms with Gasteiger partial charge in [-0.1, -0.05) is 12.1 Å². The Labute approximate surface area is 161 Å². The maximum atomic E-state index is 12.5. The largest absolute Gasteiger partial charge is 0.381 e. The van der Waals surface area contributed by atoms with Gasteiger partial charge >= 0.3 is 11.4 Å². The number of nitrogens with zero attached hydrogens (tertiary/aromatic N) is 4. The summed E-state index contributed by atoms with van der Waals surface area (Å²) < 4.78 is 8.26. The van der Waals surface area contributed by atoms with Gasteiger partial charge in [-0.2, -0.15) is 10.1 Å². The molecule has 3 aromatic rings. The Hall–Kier alpha value is -3.20. The SMILES string of the molecule is CC(Nc1nc(=O)n(C2CCOCC2)c(=O)[nH]1)c1cccc(-n2cccn2)c1. The van der Waals surface area contributed by atoms with Crippen LogP contribution in [0.1, 0.15) is 37.4 Å². The summed E-state index contributed by atoms with van der Waals surface area (Å²) in [6.45, 7) is 3.02. The van der Waals surface area contributed by atoms with Crippen LogP contribution in [-0.4, -0.2) is 37.5 Å². The van der Waals surface area contributed by atoms with Gasteiger partial charge in [-0.15, -0.1) is 0 Å². The topological polar surface area (TPSA) is 107 Å². The van der Waals surface area contributed by atoms with Gasteiger partial charge in [0.1, 0.15) is 0 Å². The van der Waals surface area contributed by atoms with E-state index in [9.17, 15) is 9.59 Å². The van der Waals surface area contributed by atoms with Crippen molar-refractivity contribution in [1.82, 2.24) is 24.3 Å². The number of ether oxygens (including phenoxy) is 1. The third-order valence-electron chi connectivity index (χ3n) is 4.91. The van der Waals surface area contributed by atoms with Gasteiger partial charge in [0.25, 0.3) is 0 Å². The normalized spacial score (nSPS) is 16.0. The van der Waals surface area contributed by atoms with Crippen molar-refractivity contribution in [2.24, 2.45) is 0 Å². The molecule has 0 amide bonds. The van der Waals surface area contributed by atoms with Crippen LogP contribution < -0.4 is 16.7 Å². The van der Waals surface area contributed by atoms with E-state index in [4.69, 9.17) is 4.74 Å². The van der Waals surface area contributed by atoms with Crippen molar-refractivity contribution in [2.45, 2.75) is 31.8 Å². The third kappa shape index (κ3) is 3.74. The number of aromatic nitrogens is 5. The average molecular weight is 382 g/mol. The van der Waals surface area contributed by atoms with E-state index in [1.165, 1.54) is 4.57 Å². The Kier molecular flexibility index (Phi) is 5.07. The molecule has 0 aliphatic carbocycles. The molecule has 1 aliphatic rings. The molecule has 1 fully saturated rings. The van der Waals surface area contributed by atoms with Crippen molar-refractivity contribution in [3.63, 3.8) is 0 Å². The summed E-state index contributed by atoms with van der Waals surface area (Å²) in [7, 11) is 0. The first-order valence-electron chi connectivity index (χ1n) is 9.29. The second-order valence-corrected chi connectivity index (χ2v) is 6.80. The molecule has 0 radical (unpaired) electrons. The molecule has 0 spiro atoms. The predicted molar refractivity (Wildman–Crippen MR) is 104 cm³/mol. The summed E-state index contributed by atoms with van der Waals surface area (Å²) in [5, 5.41) is 7.34. The molecule has 9 nitrogen and oxygen atoms in total. The number of anilines is 1. The van der Waals surface area contributed by atoms with E-state index in [1.807, 2.05) is 43.5 Å². The first-order chi connectivity index (χ1) is 13.6.